The third-order valence-corrected chi connectivity index (χ3v) is 5.26. The number of hydrogen-bond donors (Lipinski definition) is 0. The van der Waals surface area contributed by atoms with E-state index in [-0.39, 0.29) is 11.8 Å². The summed E-state index contributed by atoms with van der Waals surface area (Å²) in [5, 5.41) is 0. The molecular weight excluding hydrogens is 334 g/mol. The summed E-state index contributed by atoms with van der Waals surface area (Å²) in [5.41, 5.74) is 2.11. The van der Waals surface area contributed by atoms with E-state index < -0.39 is 0 Å². The SMILES string of the molecule is Cn1cnc2c1[C@H](COCC1CCOCC1)CN(C(=O)c1ccco1)C2. The van der Waals surface area contributed by atoms with Gasteiger partial charge in [0.1, 0.15) is 0 Å². The van der Waals surface area contributed by atoms with E-state index >= 15 is 0 Å². The number of carbonyl (C=O) groups is 1. The number of aromatic nitrogens is 2. The summed E-state index contributed by atoms with van der Waals surface area (Å²) in [7, 11) is 2.00. The highest BCUT2D eigenvalue weighted by atomic mass is 16.5. The van der Waals surface area contributed by atoms with Crippen molar-refractivity contribution < 1.29 is 18.7 Å². The second-order valence-corrected chi connectivity index (χ2v) is 7.14. The molecular formula is C19H25N3O4. The molecule has 0 N–H and O–H groups in total. The van der Waals surface area contributed by atoms with Gasteiger partial charge in [0, 0.05) is 45.0 Å². The first-order valence-electron chi connectivity index (χ1n) is 9.20. The van der Waals surface area contributed by atoms with Crippen LogP contribution in [0.3, 0.4) is 0 Å². The van der Waals surface area contributed by atoms with Gasteiger partial charge in [0.25, 0.3) is 5.91 Å². The molecule has 0 unspecified atom stereocenters. The molecule has 0 aromatic carbocycles. The lowest BCUT2D eigenvalue weighted by Gasteiger charge is -2.32. The second kappa shape index (κ2) is 7.63. The predicted octanol–water partition coefficient (Wildman–Crippen LogP) is 2.20. The van der Waals surface area contributed by atoms with Gasteiger partial charge in [-0.25, -0.2) is 4.98 Å². The second-order valence-electron chi connectivity index (χ2n) is 7.14. The van der Waals surface area contributed by atoms with Gasteiger partial charge >= 0.3 is 0 Å². The van der Waals surface area contributed by atoms with Crippen LogP contribution in [-0.2, 0) is 23.1 Å². The Balaban J connectivity index is 1.43. The summed E-state index contributed by atoms with van der Waals surface area (Å²) in [5.74, 6) is 0.955. The number of aryl methyl sites for hydroxylation is 1. The Hall–Kier alpha value is -2.12. The van der Waals surface area contributed by atoms with Gasteiger partial charge < -0.3 is 23.4 Å². The minimum Gasteiger partial charge on any atom is -0.459 e. The average Bonchev–Trinajstić information content (AvgIpc) is 3.32. The minimum atomic E-state index is -0.0965. The number of hydrogen-bond acceptors (Lipinski definition) is 5. The van der Waals surface area contributed by atoms with Crippen LogP contribution in [-0.4, -0.2) is 53.3 Å². The first kappa shape index (κ1) is 17.3. The van der Waals surface area contributed by atoms with Crippen molar-refractivity contribution in [3.05, 3.63) is 41.9 Å². The van der Waals surface area contributed by atoms with Crippen molar-refractivity contribution in [1.29, 1.82) is 0 Å². The Labute approximate surface area is 152 Å². The highest BCUT2D eigenvalue weighted by molar-refractivity contribution is 5.91. The van der Waals surface area contributed by atoms with Crippen molar-refractivity contribution in [3.63, 3.8) is 0 Å². The van der Waals surface area contributed by atoms with E-state index in [0.29, 0.717) is 31.4 Å². The largest absolute Gasteiger partial charge is 0.459 e. The van der Waals surface area contributed by atoms with Crippen LogP contribution in [0.4, 0.5) is 0 Å². The van der Waals surface area contributed by atoms with E-state index in [4.69, 9.17) is 13.9 Å². The predicted molar refractivity (Wildman–Crippen MR) is 93.8 cm³/mol. The van der Waals surface area contributed by atoms with Crippen LogP contribution in [0, 0.1) is 5.92 Å². The summed E-state index contributed by atoms with van der Waals surface area (Å²) in [6.45, 7) is 4.11. The van der Waals surface area contributed by atoms with Crippen molar-refractivity contribution in [3.8, 4) is 0 Å². The molecule has 2 aromatic heterocycles. The van der Waals surface area contributed by atoms with Crippen molar-refractivity contribution in [2.24, 2.45) is 13.0 Å². The molecule has 4 heterocycles. The summed E-state index contributed by atoms with van der Waals surface area (Å²) in [6, 6.07) is 3.44. The van der Waals surface area contributed by atoms with E-state index in [0.717, 1.165) is 38.4 Å². The van der Waals surface area contributed by atoms with Crippen molar-refractivity contribution in [1.82, 2.24) is 14.5 Å². The van der Waals surface area contributed by atoms with Gasteiger partial charge in [-0.1, -0.05) is 0 Å². The fourth-order valence-electron chi connectivity index (χ4n) is 3.86. The zero-order chi connectivity index (χ0) is 17.9. The molecule has 0 radical (unpaired) electrons. The highest BCUT2D eigenvalue weighted by Gasteiger charge is 2.33. The maximum absolute atomic E-state index is 12.7. The summed E-state index contributed by atoms with van der Waals surface area (Å²) >= 11 is 0. The molecule has 1 saturated heterocycles. The van der Waals surface area contributed by atoms with Crippen LogP contribution in [0.2, 0.25) is 0 Å². The Bertz CT molecular complexity index is 734. The quantitative estimate of drug-likeness (QED) is 0.818. The molecule has 4 rings (SSSR count). The molecule has 1 fully saturated rings. The van der Waals surface area contributed by atoms with Crippen molar-refractivity contribution >= 4 is 5.91 Å². The third-order valence-electron chi connectivity index (χ3n) is 5.26. The molecule has 2 aliphatic rings. The van der Waals surface area contributed by atoms with Crippen LogP contribution in [0.5, 0.6) is 0 Å². The van der Waals surface area contributed by atoms with E-state index in [2.05, 4.69) is 4.98 Å². The Kier molecular flexibility index (Phi) is 5.08. The molecule has 0 spiro atoms. The van der Waals surface area contributed by atoms with Gasteiger partial charge in [0.15, 0.2) is 5.76 Å². The number of rotatable bonds is 5. The fraction of sp³-hybridized carbons (Fsp3) is 0.579. The van der Waals surface area contributed by atoms with Gasteiger partial charge in [-0.3, -0.25) is 4.79 Å². The molecule has 1 amide bonds. The maximum Gasteiger partial charge on any atom is 0.289 e. The smallest absolute Gasteiger partial charge is 0.289 e. The molecule has 0 saturated carbocycles. The third kappa shape index (κ3) is 3.54. The molecule has 140 valence electrons. The number of fused-ring (bicyclic) bond motifs is 1. The highest BCUT2D eigenvalue weighted by Crippen LogP contribution is 2.29. The van der Waals surface area contributed by atoms with Crippen molar-refractivity contribution in [2.45, 2.75) is 25.3 Å². The van der Waals surface area contributed by atoms with Gasteiger partial charge in [0.05, 0.1) is 31.4 Å². The summed E-state index contributed by atoms with van der Waals surface area (Å²) < 4.78 is 18.8. The monoisotopic (exact) mass is 359 g/mol. The number of furan rings is 1. The standard InChI is InChI=1S/C19H25N3O4/c1-21-13-20-16-10-22(19(23)17-3-2-6-26-17)9-15(18(16)21)12-25-11-14-4-7-24-8-5-14/h2-3,6,13-15H,4-5,7-12H2,1H3/t15-/m0/s1. The summed E-state index contributed by atoms with van der Waals surface area (Å²) in [6.07, 6.45) is 5.46. The number of imidazole rings is 1. The number of amides is 1. The Morgan fingerprint density at radius 2 is 2.19 bits per heavy atom. The molecule has 7 heteroatoms. The van der Waals surface area contributed by atoms with Crippen LogP contribution in [0.25, 0.3) is 0 Å². The lowest BCUT2D eigenvalue weighted by Crippen LogP contribution is -2.40. The molecule has 0 aliphatic carbocycles. The van der Waals surface area contributed by atoms with Crippen LogP contribution in [0.15, 0.2) is 29.1 Å². The number of carbonyl (C=O) groups excluding carboxylic acids is 1. The Morgan fingerprint density at radius 3 is 2.96 bits per heavy atom. The van der Waals surface area contributed by atoms with Gasteiger partial charge in [-0.15, -0.1) is 0 Å². The average molecular weight is 359 g/mol. The minimum absolute atomic E-state index is 0.0965. The lowest BCUT2D eigenvalue weighted by molar-refractivity contribution is 0.0129. The van der Waals surface area contributed by atoms with Crippen LogP contribution in [0.1, 0.15) is 40.7 Å². The molecule has 2 aliphatic heterocycles. The zero-order valence-corrected chi connectivity index (χ0v) is 15.1. The van der Waals surface area contributed by atoms with E-state index in [1.165, 1.54) is 12.0 Å². The van der Waals surface area contributed by atoms with Gasteiger partial charge in [-0.05, 0) is 30.9 Å². The molecule has 7 nitrogen and oxygen atoms in total. The number of ether oxygens (including phenoxy) is 2. The van der Waals surface area contributed by atoms with E-state index in [9.17, 15) is 4.79 Å². The first-order chi connectivity index (χ1) is 12.7. The fourth-order valence-corrected chi connectivity index (χ4v) is 3.86. The van der Waals surface area contributed by atoms with E-state index in [1.807, 2.05) is 17.9 Å². The molecule has 26 heavy (non-hydrogen) atoms. The van der Waals surface area contributed by atoms with E-state index in [1.54, 1.807) is 17.0 Å². The molecule has 2 aromatic rings. The van der Waals surface area contributed by atoms with Crippen LogP contribution >= 0.6 is 0 Å². The molecule has 0 bridgehead atoms. The molecule has 1 atom stereocenters. The number of nitrogens with zero attached hydrogens (tertiary/aromatic N) is 3. The van der Waals surface area contributed by atoms with Gasteiger partial charge in [0.2, 0.25) is 0 Å². The lowest BCUT2D eigenvalue weighted by atomic mass is 9.98. The van der Waals surface area contributed by atoms with Crippen LogP contribution < -0.4 is 0 Å². The topological polar surface area (TPSA) is 69.7 Å². The normalized spacial score (nSPS) is 21.0. The zero-order valence-electron chi connectivity index (χ0n) is 15.1. The maximum atomic E-state index is 12.7. The van der Waals surface area contributed by atoms with Gasteiger partial charge in [-0.2, -0.15) is 0 Å². The van der Waals surface area contributed by atoms with Crippen molar-refractivity contribution in [2.75, 3.05) is 33.0 Å². The first-order valence-corrected chi connectivity index (χ1v) is 9.20. The Morgan fingerprint density at radius 1 is 1.35 bits per heavy atom. The summed E-state index contributed by atoms with van der Waals surface area (Å²) in [4.78, 5) is 19.0.